The first-order chi connectivity index (χ1) is 7.69. The SMILES string of the molecule is COCCN(CCCl)C(=O)c1coc(C)c1. The lowest BCUT2D eigenvalue weighted by Gasteiger charge is -2.20. The molecule has 1 rings (SSSR count). The number of ether oxygens (including phenoxy) is 1. The van der Waals surface area contributed by atoms with Crippen LogP contribution in [0, 0.1) is 6.92 Å². The normalized spacial score (nSPS) is 10.4. The molecule has 0 unspecified atom stereocenters. The molecule has 0 saturated heterocycles. The molecule has 0 saturated carbocycles. The zero-order valence-electron chi connectivity index (χ0n) is 9.53. The summed E-state index contributed by atoms with van der Waals surface area (Å²) in [5.41, 5.74) is 0.554. The number of carbonyl (C=O) groups excluding carboxylic acids is 1. The summed E-state index contributed by atoms with van der Waals surface area (Å²) in [6.45, 7) is 3.34. The third-order valence-electron chi connectivity index (χ3n) is 2.18. The van der Waals surface area contributed by atoms with Gasteiger partial charge in [0.2, 0.25) is 0 Å². The molecule has 0 aromatic carbocycles. The Bertz CT molecular complexity index is 338. The van der Waals surface area contributed by atoms with Crippen LogP contribution in [0.15, 0.2) is 16.7 Å². The van der Waals surface area contributed by atoms with Crippen LogP contribution in [0.3, 0.4) is 0 Å². The minimum absolute atomic E-state index is 0.0745. The van der Waals surface area contributed by atoms with Gasteiger partial charge in [-0.15, -0.1) is 11.6 Å². The second kappa shape index (κ2) is 6.55. The summed E-state index contributed by atoms with van der Waals surface area (Å²) >= 11 is 5.65. The van der Waals surface area contributed by atoms with E-state index < -0.39 is 0 Å². The van der Waals surface area contributed by atoms with Crippen molar-refractivity contribution in [2.24, 2.45) is 0 Å². The maximum absolute atomic E-state index is 12.0. The molecule has 0 atom stereocenters. The fourth-order valence-electron chi connectivity index (χ4n) is 1.36. The van der Waals surface area contributed by atoms with Crippen molar-refractivity contribution in [2.45, 2.75) is 6.92 Å². The van der Waals surface area contributed by atoms with Crippen LogP contribution in [-0.2, 0) is 4.74 Å². The van der Waals surface area contributed by atoms with Crippen LogP contribution in [0.1, 0.15) is 16.1 Å². The summed E-state index contributed by atoms with van der Waals surface area (Å²) in [6, 6.07) is 1.72. The molecule has 0 spiro atoms. The van der Waals surface area contributed by atoms with Gasteiger partial charge < -0.3 is 14.1 Å². The third-order valence-corrected chi connectivity index (χ3v) is 2.35. The van der Waals surface area contributed by atoms with Crippen LogP contribution in [0.25, 0.3) is 0 Å². The van der Waals surface area contributed by atoms with E-state index in [2.05, 4.69) is 0 Å². The summed E-state index contributed by atoms with van der Waals surface area (Å²) in [7, 11) is 1.60. The van der Waals surface area contributed by atoms with Crippen molar-refractivity contribution in [1.29, 1.82) is 0 Å². The fourth-order valence-corrected chi connectivity index (χ4v) is 1.56. The average Bonchev–Trinajstić information content (AvgIpc) is 2.70. The fraction of sp³-hybridized carbons (Fsp3) is 0.545. The molecule has 0 bridgehead atoms. The molecule has 0 aliphatic carbocycles. The number of hydrogen-bond acceptors (Lipinski definition) is 3. The van der Waals surface area contributed by atoms with E-state index in [4.69, 9.17) is 20.8 Å². The zero-order valence-corrected chi connectivity index (χ0v) is 10.3. The average molecular weight is 246 g/mol. The lowest BCUT2D eigenvalue weighted by atomic mass is 10.2. The van der Waals surface area contributed by atoms with Crippen LogP contribution < -0.4 is 0 Å². The number of rotatable bonds is 6. The lowest BCUT2D eigenvalue weighted by molar-refractivity contribution is 0.0707. The van der Waals surface area contributed by atoms with Gasteiger partial charge in [0.05, 0.1) is 12.2 Å². The maximum atomic E-state index is 12.0. The van der Waals surface area contributed by atoms with E-state index in [1.54, 1.807) is 25.0 Å². The van der Waals surface area contributed by atoms with Crippen molar-refractivity contribution >= 4 is 17.5 Å². The Morgan fingerprint density at radius 3 is 2.81 bits per heavy atom. The van der Waals surface area contributed by atoms with Crippen molar-refractivity contribution in [1.82, 2.24) is 4.90 Å². The van der Waals surface area contributed by atoms with E-state index in [1.807, 2.05) is 0 Å². The van der Waals surface area contributed by atoms with E-state index in [0.29, 0.717) is 31.1 Å². The summed E-state index contributed by atoms with van der Waals surface area (Å²) in [4.78, 5) is 13.7. The number of aryl methyl sites for hydroxylation is 1. The van der Waals surface area contributed by atoms with E-state index in [0.717, 1.165) is 5.76 Å². The molecular formula is C11H16ClNO3. The first kappa shape index (κ1) is 13.1. The largest absolute Gasteiger partial charge is 0.469 e. The molecule has 0 aliphatic rings. The van der Waals surface area contributed by atoms with Gasteiger partial charge in [0.1, 0.15) is 12.0 Å². The number of furan rings is 1. The molecule has 5 heteroatoms. The monoisotopic (exact) mass is 245 g/mol. The highest BCUT2D eigenvalue weighted by atomic mass is 35.5. The molecule has 0 radical (unpaired) electrons. The molecule has 1 aromatic heterocycles. The first-order valence-corrected chi connectivity index (χ1v) is 5.61. The molecule has 1 aromatic rings. The predicted molar refractivity (Wildman–Crippen MR) is 61.9 cm³/mol. The molecule has 1 heterocycles. The molecule has 0 fully saturated rings. The van der Waals surface area contributed by atoms with Crippen molar-refractivity contribution < 1.29 is 13.9 Å². The second-order valence-corrected chi connectivity index (χ2v) is 3.80. The highest BCUT2D eigenvalue weighted by Gasteiger charge is 2.16. The predicted octanol–water partition coefficient (Wildman–Crippen LogP) is 1.92. The molecule has 0 aliphatic heterocycles. The van der Waals surface area contributed by atoms with Crippen molar-refractivity contribution in [3.8, 4) is 0 Å². The number of carbonyl (C=O) groups is 1. The molecule has 0 N–H and O–H groups in total. The maximum Gasteiger partial charge on any atom is 0.257 e. The molecule has 90 valence electrons. The van der Waals surface area contributed by atoms with Gasteiger partial charge in [-0.3, -0.25) is 4.79 Å². The standard InChI is InChI=1S/C11H16ClNO3/c1-9-7-10(8-16-9)11(14)13(4-3-12)5-6-15-2/h7-8H,3-6H2,1-2H3. The Hall–Kier alpha value is -1.00. The summed E-state index contributed by atoms with van der Waals surface area (Å²) in [5, 5.41) is 0. The van der Waals surface area contributed by atoms with E-state index >= 15 is 0 Å². The number of hydrogen-bond donors (Lipinski definition) is 0. The summed E-state index contributed by atoms with van der Waals surface area (Å²) in [5.74, 6) is 1.06. The molecule has 1 amide bonds. The van der Waals surface area contributed by atoms with Gasteiger partial charge in [-0.2, -0.15) is 0 Å². The topological polar surface area (TPSA) is 42.7 Å². The van der Waals surface area contributed by atoms with Crippen LogP contribution in [0.2, 0.25) is 0 Å². The first-order valence-electron chi connectivity index (χ1n) is 5.08. The van der Waals surface area contributed by atoms with E-state index in [9.17, 15) is 4.79 Å². The number of nitrogens with zero attached hydrogens (tertiary/aromatic N) is 1. The van der Waals surface area contributed by atoms with E-state index in [-0.39, 0.29) is 5.91 Å². The Kier molecular flexibility index (Phi) is 5.35. The smallest absolute Gasteiger partial charge is 0.257 e. The highest BCUT2D eigenvalue weighted by Crippen LogP contribution is 2.09. The zero-order chi connectivity index (χ0) is 12.0. The van der Waals surface area contributed by atoms with Crippen LogP contribution in [0.5, 0.6) is 0 Å². The lowest BCUT2D eigenvalue weighted by Crippen LogP contribution is -2.35. The van der Waals surface area contributed by atoms with Gasteiger partial charge in [0.15, 0.2) is 0 Å². The van der Waals surface area contributed by atoms with Crippen molar-refractivity contribution in [2.75, 3.05) is 32.7 Å². The van der Waals surface area contributed by atoms with Gasteiger partial charge in [-0.1, -0.05) is 0 Å². The highest BCUT2D eigenvalue weighted by molar-refractivity contribution is 6.18. The molecular weight excluding hydrogens is 230 g/mol. The number of amides is 1. The number of halogens is 1. The Labute approximate surface area is 100 Å². The van der Waals surface area contributed by atoms with Gasteiger partial charge >= 0.3 is 0 Å². The van der Waals surface area contributed by atoms with Crippen molar-refractivity contribution in [3.63, 3.8) is 0 Å². The quantitative estimate of drug-likeness (QED) is 0.719. The van der Waals surface area contributed by atoms with Gasteiger partial charge in [-0.05, 0) is 13.0 Å². The van der Waals surface area contributed by atoms with Crippen molar-refractivity contribution in [3.05, 3.63) is 23.7 Å². The molecule has 4 nitrogen and oxygen atoms in total. The molecule has 16 heavy (non-hydrogen) atoms. The summed E-state index contributed by atoms with van der Waals surface area (Å²) < 4.78 is 10.1. The number of methoxy groups -OCH3 is 1. The Morgan fingerprint density at radius 1 is 1.56 bits per heavy atom. The Morgan fingerprint density at radius 2 is 2.31 bits per heavy atom. The van der Waals surface area contributed by atoms with Crippen LogP contribution >= 0.6 is 11.6 Å². The minimum Gasteiger partial charge on any atom is -0.469 e. The van der Waals surface area contributed by atoms with Crippen LogP contribution in [-0.4, -0.2) is 43.5 Å². The van der Waals surface area contributed by atoms with E-state index in [1.165, 1.54) is 6.26 Å². The van der Waals surface area contributed by atoms with Crippen LogP contribution in [0.4, 0.5) is 0 Å². The Balaban J connectivity index is 2.66. The van der Waals surface area contributed by atoms with Gasteiger partial charge in [0, 0.05) is 26.1 Å². The number of alkyl halides is 1. The second-order valence-electron chi connectivity index (χ2n) is 3.42. The third kappa shape index (κ3) is 3.54. The summed E-state index contributed by atoms with van der Waals surface area (Å²) in [6.07, 6.45) is 1.46. The van der Waals surface area contributed by atoms with Gasteiger partial charge in [-0.25, -0.2) is 0 Å². The van der Waals surface area contributed by atoms with Gasteiger partial charge in [0.25, 0.3) is 5.91 Å². The minimum atomic E-state index is -0.0745.